The van der Waals surface area contributed by atoms with Gasteiger partial charge in [0.2, 0.25) is 0 Å². The third-order valence-corrected chi connectivity index (χ3v) is 14.7. The van der Waals surface area contributed by atoms with Crippen molar-refractivity contribution in [1.82, 2.24) is 4.57 Å². The highest BCUT2D eigenvalue weighted by Gasteiger charge is 2.46. The zero-order chi connectivity index (χ0) is 39.7. The van der Waals surface area contributed by atoms with Gasteiger partial charge < -0.3 is 9.38 Å². The highest BCUT2D eigenvalue weighted by atomic mass is 15.1. The standard InChI is InChI=1S/C56H43BN2/c1-32-19-23-35(24-20-32)59-51-31-47-41(37-14-8-11-17-45(37)56(47,5)6)30-42(51)43-29-39(34-22-25-46-40(28-34)36-13-7-10-16-44(36)55(46,3)4)52-38-15-9-12-18-49(38)58-50-26-21-33(2)27-48(50)57(59)53(43)54(52)58/h7-31H,1-6H3. The van der Waals surface area contributed by atoms with Gasteiger partial charge in [-0.15, -0.1) is 0 Å². The van der Waals surface area contributed by atoms with E-state index in [0.717, 1.165) is 0 Å². The quantitative estimate of drug-likeness (QED) is 0.160. The van der Waals surface area contributed by atoms with Gasteiger partial charge >= 0.3 is 6.85 Å². The summed E-state index contributed by atoms with van der Waals surface area (Å²) in [5, 5.41) is 2.63. The Morgan fingerprint density at radius 3 is 1.85 bits per heavy atom. The molecule has 3 heteroatoms. The smallest absolute Gasteiger partial charge is 0.333 e. The van der Waals surface area contributed by atoms with Gasteiger partial charge in [-0.05, 0) is 135 Å². The second-order valence-corrected chi connectivity index (χ2v) is 18.6. The molecule has 9 aromatic rings. The van der Waals surface area contributed by atoms with Crippen LogP contribution in [-0.4, -0.2) is 11.4 Å². The average molecular weight is 755 g/mol. The SMILES string of the molecule is Cc1ccc(N2B3c4cc(C)ccc4-n4c5ccccc5c5c(-c6ccc7c(c6)-c6ccccc6C7(C)C)cc(c3c54)-c3cc4c(cc32)C(C)(C)c2ccccc2-4)cc1. The Balaban J connectivity index is 1.21. The second-order valence-electron chi connectivity index (χ2n) is 18.6. The first-order valence-electron chi connectivity index (χ1n) is 21.2. The predicted molar refractivity (Wildman–Crippen MR) is 250 cm³/mol. The van der Waals surface area contributed by atoms with Crippen molar-refractivity contribution in [2.24, 2.45) is 0 Å². The maximum Gasteiger partial charge on any atom is 0.333 e. The number of nitrogens with zero attached hydrogens (tertiary/aromatic N) is 2. The minimum absolute atomic E-state index is 0.0268. The summed E-state index contributed by atoms with van der Waals surface area (Å²) < 4.78 is 2.61. The lowest BCUT2D eigenvalue weighted by molar-refractivity contribution is 0.660. The molecule has 0 atom stereocenters. The number of hydrogen-bond donors (Lipinski definition) is 0. The zero-order valence-electron chi connectivity index (χ0n) is 34.4. The molecular weight excluding hydrogens is 711 g/mol. The van der Waals surface area contributed by atoms with Crippen molar-refractivity contribution in [1.29, 1.82) is 0 Å². The summed E-state index contributed by atoms with van der Waals surface area (Å²) in [4.78, 5) is 2.68. The van der Waals surface area contributed by atoms with Crippen LogP contribution < -0.4 is 15.7 Å². The summed E-state index contributed by atoms with van der Waals surface area (Å²) in [5.74, 6) is 0. The van der Waals surface area contributed by atoms with Crippen LogP contribution in [0.15, 0.2) is 152 Å². The maximum absolute atomic E-state index is 2.68. The first kappa shape index (κ1) is 33.4. The molecule has 0 radical (unpaired) electrons. The molecule has 2 aliphatic carbocycles. The molecule has 8 aromatic carbocycles. The third-order valence-electron chi connectivity index (χ3n) is 14.7. The van der Waals surface area contributed by atoms with Crippen molar-refractivity contribution in [3.8, 4) is 50.2 Å². The van der Waals surface area contributed by atoms with Crippen LogP contribution in [0.3, 0.4) is 0 Å². The first-order valence-corrected chi connectivity index (χ1v) is 21.2. The highest BCUT2D eigenvalue weighted by molar-refractivity contribution is 6.93. The molecule has 2 nitrogen and oxygen atoms in total. The third kappa shape index (κ3) is 4.13. The average Bonchev–Trinajstić information content (AvgIpc) is 3.80. The van der Waals surface area contributed by atoms with Crippen LogP contribution in [0, 0.1) is 13.8 Å². The molecule has 0 unspecified atom stereocenters. The van der Waals surface area contributed by atoms with Crippen LogP contribution in [0.4, 0.5) is 11.4 Å². The molecule has 0 bridgehead atoms. The largest absolute Gasteiger partial charge is 0.376 e. The van der Waals surface area contributed by atoms with Gasteiger partial charge in [0.25, 0.3) is 0 Å². The number of para-hydroxylation sites is 1. The molecule has 4 aliphatic rings. The van der Waals surface area contributed by atoms with E-state index in [1.54, 1.807) is 0 Å². The van der Waals surface area contributed by atoms with Gasteiger partial charge in [-0.2, -0.15) is 0 Å². The van der Waals surface area contributed by atoms with Crippen molar-refractivity contribution in [2.45, 2.75) is 52.4 Å². The summed E-state index contributed by atoms with van der Waals surface area (Å²) in [5.41, 5.74) is 27.7. The molecule has 0 saturated carbocycles. The molecule has 3 heterocycles. The molecule has 1 aromatic heterocycles. The summed E-state index contributed by atoms with van der Waals surface area (Å²) in [6.45, 7) is 14.0. The van der Waals surface area contributed by atoms with Gasteiger partial charge in [-0.3, -0.25) is 0 Å². The van der Waals surface area contributed by atoms with Crippen LogP contribution in [0.25, 0.3) is 72.0 Å². The Morgan fingerprint density at radius 1 is 0.458 bits per heavy atom. The molecule has 0 N–H and O–H groups in total. The number of aryl methyl sites for hydroxylation is 2. The first-order chi connectivity index (χ1) is 28.6. The van der Waals surface area contributed by atoms with Gasteiger partial charge in [-0.1, -0.05) is 142 Å². The molecule has 0 fully saturated rings. The van der Waals surface area contributed by atoms with E-state index in [-0.39, 0.29) is 17.7 Å². The minimum Gasteiger partial charge on any atom is -0.376 e. The minimum atomic E-state index is -0.128. The Labute approximate surface area is 346 Å². The van der Waals surface area contributed by atoms with Crippen LogP contribution in [0.1, 0.15) is 61.1 Å². The van der Waals surface area contributed by atoms with E-state index >= 15 is 0 Å². The second kappa shape index (κ2) is 11.1. The summed E-state index contributed by atoms with van der Waals surface area (Å²) in [7, 11) is 0. The monoisotopic (exact) mass is 754 g/mol. The van der Waals surface area contributed by atoms with E-state index in [0.29, 0.717) is 0 Å². The summed E-state index contributed by atoms with van der Waals surface area (Å²) in [6, 6.07) is 58.6. The lowest BCUT2D eigenvalue weighted by Crippen LogP contribution is -2.60. The van der Waals surface area contributed by atoms with Crippen molar-refractivity contribution in [3.05, 3.63) is 185 Å². The van der Waals surface area contributed by atoms with E-state index in [9.17, 15) is 0 Å². The van der Waals surface area contributed by atoms with E-state index in [1.165, 1.54) is 128 Å². The van der Waals surface area contributed by atoms with E-state index in [1.807, 2.05) is 0 Å². The Kier molecular flexibility index (Phi) is 6.30. The van der Waals surface area contributed by atoms with Crippen LogP contribution in [-0.2, 0) is 10.8 Å². The van der Waals surface area contributed by atoms with E-state index in [4.69, 9.17) is 0 Å². The van der Waals surface area contributed by atoms with Gasteiger partial charge in [0, 0.05) is 44.2 Å². The van der Waals surface area contributed by atoms with E-state index in [2.05, 4.69) is 203 Å². The summed E-state index contributed by atoms with van der Waals surface area (Å²) >= 11 is 0. The number of aromatic nitrogens is 1. The van der Waals surface area contributed by atoms with Crippen molar-refractivity contribution in [2.75, 3.05) is 4.81 Å². The molecule has 13 rings (SSSR count). The number of anilines is 2. The van der Waals surface area contributed by atoms with Crippen LogP contribution >= 0.6 is 0 Å². The van der Waals surface area contributed by atoms with Gasteiger partial charge in [0.1, 0.15) is 0 Å². The Bertz CT molecular complexity index is 3360. The Hall–Kier alpha value is -6.58. The lowest BCUT2D eigenvalue weighted by Gasteiger charge is -2.43. The fourth-order valence-electron chi connectivity index (χ4n) is 11.9. The number of fused-ring (bicyclic) bond motifs is 14. The molecule has 0 amide bonds. The summed E-state index contributed by atoms with van der Waals surface area (Å²) in [6.07, 6.45) is 0. The zero-order valence-corrected chi connectivity index (χ0v) is 34.4. The van der Waals surface area contributed by atoms with Crippen LogP contribution in [0.5, 0.6) is 0 Å². The van der Waals surface area contributed by atoms with Gasteiger partial charge in [-0.25, -0.2) is 0 Å². The fraction of sp³-hybridized carbons (Fsp3) is 0.143. The van der Waals surface area contributed by atoms with Crippen molar-refractivity contribution in [3.63, 3.8) is 0 Å². The van der Waals surface area contributed by atoms with Crippen molar-refractivity contribution >= 4 is 51.0 Å². The molecular formula is C56H43BN2. The maximum atomic E-state index is 2.68. The normalized spacial score (nSPS) is 15.5. The van der Waals surface area contributed by atoms with Gasteiger partial charge in [0.15, 0.2) is 0 Å². The molecule has 59 heavy (non-hydrogen) atoms. The topological polar surface area (TPSA) is 8.17 Å². The lowest BCUT2D eigenvalue weighted by atomic mass is 9.43. The van der Waals surface area contributed by atoms with E-state index < -0.39 is 0 Å². The number of rotatable bonds is 2. The van der Waals surface area contributed by atoms with Gasteiger partial charge in [0.05, 0.1) is 11.0 Å². The highest BCUT2D eigenvalue weighted by Crippen LogP contribution is 2.56. The molecule has 280 valence electrons. The Morgan fingerprint density at radius 2 is 1.08 bits per heavy atom. The fourth-order valence-corrected chi connectivity index (χ4v) is 11.9. The molecule has 0 saturated heterocycles. The predicted octanol–water partition coefficient (Wildman–Crippen LogP) is 12.9. The number of hydrogen-bond acceptors (Lipinski definition) is 1. The van der Waals surface area contributed by atoms with Crippen LogP contribution in [0.2, 0.25) is 0 Å². The number of benzene rings is 8. The molecule has 2 aliphatic heterocycles. The van der Waals surface area contributed by atoms with Crippen molar-refractivity contribution < 1.29 is 0 Å². The molecule has 0 spiro atoms.